The average molecular weight is 341 g/mol. The van der Waals surface area contributed by atoms with E-state index in [0.29, 0.717) is 46.0 Å². The van der Waals surface area contributed by atoms with Gasteiger partial charge in [-0.1, -0.05) is 13.3 Å². The molecule has 0 radical (unpaired) electrons. The van der Waals surface area contributed by atoms with Crippen LogP contribution in [0.25, 0.3) is 0 Å². The van der Waals surface area contributed by atoms with Gasteiger partial charge in [-0.15, -0.1) is 0 Å². The maximum atomic E-state index is 12.6. The Morgan fingerprint density at radius 2 is 2.04 bits per heavy atom. The highest BCUT2D eigenvalue weighted by Crippen LogP contribution is 2.12. The molecule has 0 saturated carbocycles. The number of carbonyl (C=O) groups excluding carboxylic acids is 3. The fourth-order valence-electron chi connectivity index (χ4n) is 2.80. The summed E-state index contributed by atoms with van der Waals surface area (Å²) in [6.45, 7) is 6.07. The van der Waals surface area contributed by atoms with Crippen molar-refractivity contribution < 1.29 is 23.9 Å². The van der Waals surface area contributed by atoms with E-state index in [0.717, 1.165) is 12.8 Å². The molecule has 2 heterocycles. The molecule has 0 aromatic carbocycles. The van der Waals surface area contributed by atoms with E-state index in [9.17, 15) is 14.4 Å². The van der Waals surface area contributed by atoms with Crippen molar-refractivity contribution in [2.75, 3.05) is 52.5 Å². The molecular weight excluding hydrogens is 314 g/mol. The first-order valence-corrected chi connectivity index (χ1v) is 8.64. The maximum Gasteiger partial charge on any atom is 0.308 e. The molecule has 0 spiro atoms. The highest BCUT2D eigenvalue weighted by Gasteiger charge is 2.35. The Morgan fingerprint density at radius 3 is 2.75 bits per heavy atom. The van der Waals surface area contributed by atoms with Crippen molar-refractivity contribution in [2.45, 2.75) is 32.2 Å². The molecule has 8 heteroatoms. The summed E-state index contributed by atoms with van der Waals surface area (Å²) in [4.78, 5) is 40.1. The zero-order chi connectivity index (χ0) is 17.4. The summed E-state index contributed by atoms with van der Waals surface area (Å²) in [7, 11) is 0. The van der Waals surface area contributed by atoms with Crippen molar-refractivity contribution in [3.63, 3.8) is 0 Å². The van der Waals surface area contributed by atoms with Crippen LogP contribution in [-0.4, -0.2) is 86.2 Å². The molecular formula is C16H27N3O5. The van der Waals surface area contributed by atoms with Crippen LogP contribution in [0.5, 0.6) is 0 Å². The second-order valence-electron chi connectivity index (χ2n) is 6.06. The molecule has 2 fully saturated rings. The van der Waals surface area contributed by atoms with Crippen molar-refractivity contribution >= 4 is 17.8 Å². The van der Waals surface area contributed by atoms with Crippen molar-refractivity contribution in [1.29, 1.82) is 0 Å². The molecule has 2 aliphatic rings. The summed E-state index contributed by atoms with van der Waals surface area (Å²) < 4.78 is 10.4. The third-order valence-electron chi connectivity index (χ3n) is 4.23. The van der Waals surface area contributed by atoms with Crippen LogP contribution >= 0.6 is 0 Å². The van der Waals surface area contributed by atoms with Crippen molar-refractivity contribution in [3.05, 3.63) is 0 Å². The van der Waals surface area contributed by atoms with Gasteiger partial charge in [0, 0.05) is 26.2 Å². The van der Waals surface area contributed by atoms with E-state index in [1.165, 1.54) is 4.90 Å². The van der Waals surface area contributed by atoms with Crippen molar-refractivity contribution in [2.24, 2.45) is 0 Å². The normalized spacial score (nSPS) is 22.1. The number of carbonyl (C=O) groups is 3. The molecule has 0 aromatic heterocycles. The number of morpholine rings is 1. The number of unbranched alkanes of at least 4 members (excludes halogenated alkanes) is 1. The highest BCUT2D eigenvalue weighted by atomic mass is 16.5. The Kier molecular flexibility index (Phi) is 7.45. The molecule has 0 aromatic rings. The lowest BCUT2D eigenvalue weighted by atomic mass is 10.1. The van der Waals surface area contributed by atoms with Crippen LogP contribution < -0.4 is 5.32 Å². The van der Waals surface area contributed by atoms with Crippen molar-refractivity contribution in [3.8, 4) is 0 Å². The molecule has 2 aliphatic heterocycles. The molecule has 136 valence electrons. The molecule has 0 aliphatic carbocycles. The summed E-state index contributed by atoms with van der Waals surface area (Å²) in [6.07, 6.45) is 1.63. The molecule has 1 N–H and O–H groups in total. The Balaban J connectivity index is 1.90. The van der Waals surface area contributed by atoms with Crippen LogP contribution in [0.15, 0.2) is 0 Å². The number of amides is 2. The molecule has 24 heavy (non-hydrogen) atoms. The van der Waals surface area contributed by atoms with Gasteiger partial charge in [0.25, 0.3) is 0 Å². The summed E-state index contributed by atoms with van der Waals surface area (Å²) in [6, 6.07) is -0.776. The lowest BCUT2D eigenvalue weighted by Gasteiger charge is -2.36. The van der Waals surface area contributed by atoms with Crippen LogP contribution in [0.3, 0.4) is 0 Å². The standard InChI is InChI=1S/C16H27N3O5/c1-2-3-8-24-15(21)11-13-16(22)17-4-5-19(13)14(20)12-18-6-9-23-10-7-18/h13H,2-12H2,1H3,(H,17,22). The lowest BCUT2D eigenvalue weighted by molar-refractivity contribution is -0.152. The van der Waals surface area contributed by atoms with Gasteiger partial charge in [0.15, 0.2) is 0 Å². The summed E-state index contributed by atoms with van der Waals surface area (Å²) in [5.41, 5.74) is 0. The number of nitrogens with one attached hydrogen (secondary N) is 1. The van der Waals surface area contributed by atoms with Gasteiger partial charge in [-0.05, 0) is 6.42 Å². The SMILES string of the molecule is CCCCOC(=O)CC1C(=O)NCCN1C(=O)CN1CCOCC1. The van der Waals surface area contributed by atoms with Gasteiger partial charge in [0.05, 0.1) is 32.8 Å². The van der Waals surface area contributed by atoms with Gasteiger partial charge in [-0.25, -0.2) is 0 Å². The maximum absolute atomic E-state index is 12.6. The van der Waals surface area contributed by atoms with Crippen LogP contribution in [0, 0.1) is 0 Å². The van der Waals surface area contributed by atoms with E-state index in [1.807, 2.05) is 11.8 Å². The van der Waals surface area contributed by atoms with Crippen LogP contribution in [0.1, 0.15) is 26.2 Å². The Bertz CT molecular complexity index is 451. The topological polar surface area (TPSA) is 88.2 Å². The first-order valence-electron chi connectivity index (χ1n) is 8.64. The smallest absolute Gasteiger partial charge is 0.308 e. The van der Waals surface area contributed by atoms with Crippen LogP contribution in [0.4, 0.5) is 0 Å². The van der Waals surface area contributed by atoms with Crippen LogP contribution in [-0.2, 0) is 23.9 Å². The van der Waals surface area contributed by atoms with Gasteiger partial charge in [-0.2, -0.15) is 0 Å². The number of esters is 1. The predicted molar refractivity (Wildman–Crippen MR) is 86.3 cm³/mol. The fraction of sp³-hybridized carbons (Fsp3) is 0.812. The second-order valence-corrected chi connectivity index (χ2v) is 6.06. The molecule has 1 atom stereocenters. The molecule has 1 unspecified atom stereocenters. The summed E-state index contributed by atoms with van der Waals surface area (Å²) >= 11 is 0. The highest BCUT2D eigenvalue weighted by molar-refractivity contribution is 5.92. The average Bonchev–Trinajstić information content (AvgIpc) is 2.58. The quantitative estimate of drug-likeness (QED) is 0.490. The van der Waals surface area contributed by atoms with Crippen LogP contribution in [0.2, 0.25) is 0 Å². The second kappa shape index (κ2) is 9.58. The lowest BCUT2D eigenvalue weighted by Crippen LogP contribution is -2.59. The summed E-state index contributed by atoms with van der Waals surface area (Å²) in [5.74, 6) is -0.850. The van der Waals surface area contributed by atoms with E-state index in [2.05, 4.69) is 5.32 Å². The molecule has 2 saturated heterocycles. The Labute approximate surface area is 142 Å². The number of ether oxygens (including phenoxy) is 2. The van der Waals surface area contributed by atoms with Gasteiger partial charge < -0.3 is 19.7 Å². The zero-order valence-corrected chi connectivity index (χ0v) is 14.3. The number of hydrogen-bond acceptors (Lipinski definition) is 6. The first kappa shape index (κ1) is 18.7. The monoisotopic (exact) mass is 341 g/mol. The van der Waals surface area contributed by atoms with E-state index in [-0.39, 0.29) is 24.8 Å². The van der Waals surface area contributed by atoms with E-state index < -0.39 is 12.0 Å². The minimum absolute atomic E-state index is 0.0929. The predicted octanol–water partition coefficient (Wildman–Crippen LogP) is -0.621. The van der Waals surface area contributed by atoms with Crippen molar-refractivity contribution in [1.82, 2.24) is 15.1 Å². The fourth-order valence-corrected chi connectivity index (χ4v) is 2.80. The van der Waals surface area contributed by atoms with Gasteiger partial charge in [0.1, 0.15) is 6.04 Å². The minimum atomic E-state index is -0.776. The third kappa shape index (κ3) is 5.45. The summed E-state index contributed by atoms with van der Waals surface area (Å²) in [5, 5.41) is 2.72. The van der Waals surface area contributed by atoms with Gasteiger partial charge in [-0.3, -0.25) is 19.3 Å². The minimum Gasteiger partial charge on any atom is -0.466 e. The molecule has 8 nitrogen and oxygen atoms in total. The number of rotatable bonds is 7. The molecule has 2 rings (SSSR count). The van der Waals surface area contributed by atoms with Gasteiger partial charge in [0.2, 0.25) is 11.8 Å². The van der Waals surface area contributed by atoms with E-state index in [4.69, 9.17) is 9.47 Å². The first-order chi connectivity index (χ1) is 11.6. The Hall–Kier alpha value is -1.67. The van der Waals surface area contributed by atoms with E-state index >= 15 is 0 Å². The molecule has 2 amide bonds. The van der Waals surface area contributed by atoms with E-state index in [1.54, 1.807) is 0 Å². The number of nitrogens with zero attached hydrogens (tertiary/aromatic N) is 2. The number of hydrogen-bond donors (Lipinski definition) is 1. The third-order valence-corrected chi connectivity index (χ3v) is 4.23. The zero-order valence-electron chi connectivity index (χ0n) is 14.3. The number of piperazine rings is 1. The Morgan fingerprint density at radius 1 is 1.29 bits per heavy atom. The molecule has 0 bridgehead atoms. The largest absolute Gasteiger partial charge is 0.466 e. The van der Waals surface area contributed by atoms with Gasteiger partial charge >= 0.3 is 5.97 Å².